The molecular formula is C15H10F3N3O4S. The van der Waals surface area contributed by atoms with Crippen LogP contribution in [0.15, 0.2) is 52.5 Å². The Morgan fingerprint density at radius 1 is 1.12 bits per heavy atom. The average Bonchev–Trinajstić information content (AvgIpc) is 2.86. The van der Waals surface area contributed by atoms with Gasteiger partial charge in [-0.25, -0.2) is 0 Å². The van der Waals surface area contributed by atoms with Gasteiger partial charge in [-0.05, 0) is 30.3 Å². The first-order valence-corrected chi connectivity index (χ1v) is 8.44. The van der Waals surface area contributed by atoms with Gasteiger partial charge in [0.25, 0.3) is 16.0 Å². The van der Waals surface area contributed by atoms with E-state index < -0.39 is 32.7 Å². The summed E-state index contributed by atoms with van der Waals surface area (Å²) in [5.41, 5.74) is 0.761. The van der Waals surface area contributed by atoms with E-state index in [-0.39, 0.29) is 22.6 Å². The number of nitrogens with one attached hydrogen (secondary N) is 2. The van der Waals surface area contributed by atoms with Gasteiger partial charge in [-0.2, -0.15) is 26.7 Å². The number of amides is 1. The number of hydrogen-bond acceptors (Lipinski definition) is 5. The molecule has 0 saturated heterocycles. The van der Waals surface area contributed by atoms with Gasteiger partial charge in [0.1, 0.15) is 0 Å². The van der Waals surface area contributed by atoms with Crippen LogP contribution in [0.2, 0.25) is 0 Å². The van der Waals surface area contributed by atoms with Crippen molar-refractivity contribution in [2.45, 2.75) is 11.1 Å². The van der Waals surface area contributed by atoms with Crippen LogP contribution in [0.3, 0.4) is 0 Å². The molecule has 0 spiro atoms. The van der Waals surface area contributed by atoms with Gasteiger partial charge >= 0.3 is 6.18 Å². The summed E-state index contributed by atoms with van der Waals surface area (Å²) >= 11 is 0. The standard InChI is InChI=1S/C15H10F3N3O4S/c16-15(17,18)10-3-1-2-4-12(10)20-21-13-9-7-8(26(23,24)25)5-6-11(9)19-14(13)22/h1-7,20H,(H,19,21,22)(H,23,24,25). The van der Waals surface area contributed by atoms with Crippen LogP contribution in [0.5, 0.6) is 0 Å². The van der Waals surface area contributed by atoms with E-state index in [1.807, 2.05) is 0 Å². The molecule has 3 rings (SSSR count). The predicted octanol–water partition coefficient (Wildman–Crippen LogP) is 2.72. The molecule has 7 nitrogen and oxygen atoms in total. The van der Waals surface area contributed by atoms with Crippen LogP contribution in [0.1, 0.15) is 11.1 Å². The fourth-order valence-electron chi connectivity index (χ4n) is 2.35. The van der Waals surface area contributed by atoms with Crippen molar-refractivity contribution in [3.8, 4) is 0 Å². The Bertz CT molecular complexity index is 1030. The summed E-state index contributed by atoms with van der Waals surface area (Å²) in [4.78, 5) is 11.5. The minimum Gasteiger partial charge on any atom is -0.320 e. The van der Waals surface area contributed by atoms with Gasteiger partial charge in [-0.1, -0.05) is 12.1 Å². The van der Waals surface area contributed by atoms with Crippen LogP contribution in [-0.4, -0.2) is 24.6 Å². The highest BCUT2D eigenvalue weighted by atomic mass is 32.2. The predicted molar refractivity (Wildman–Crippen MR) is 86.5 cm³/mol. The number of carbonyl (C=O) groups excluding carboxylic acids is 1. The average molecular weight is 385 g/mol. The van der Waals surface area contributed by atoms with Crippen molar-refractivity contribution in [1.29, 1.82) is 0 Å². The van der Waals surface area contributed by atoms with Crippen LogP contribution < -0.4 is 10.7 Å². The van der Waals surface area contributed by atoms with Crippen molar-refractivity contribution in [2.75, 3.05) is 10.7 Å². The molecule has 2 aromatic rings. The zero-order valence-electron chi connectivity index (χ0n) is 12.7. The van der Waals surface area contributed by atoms with E-state index >= 15 is 0 Å². The SMILES string of the molecule is O=C1Nc2ccc(S(=O)(=O)O)cc2/C1=N/Nc1ccccc1C(F)(F)F. The monoisotopic (exact) mass is 385 g/mol. The molecule has 0 saturated carbocycles. The number of fused-ring (bicyclic) bond motifs is 1. The van der Waals surface area contributed by atoms with Crippen LogP contribution in [-0.2, 0) is 21.1 Å². The van der Waals surface area contributed by atoms with Crippen LogP contribution in [0, 0.1) is 0 Å². The molecule has 1 aliphatic rings. The number of alkyl halides is 3. The molecule has 0 radical (unpaired) electrons. The molecule has 1 heterocycles. The number of anilines is 2. The minimum atomic E-state index is -4.63. The Labute approximate surface area is 145 Å². The maximum Gasteiger partial charge on any atom is 0.418 e. The largest absolute Gasteiger partial charge is 0.418 e. The van der Waals surface area contributed by atoms with E-state index in [1.54, 1.807) is 0 Å². The zero-order chi connectivity index (χ0) is 19.1. The molecule has 26 heavy (non-hydrogen) atoms. The topological polar surface area (TPSA) is 108 Å². The highest BCUT2D eigenvalue weighted by molar-refractivity contribution is 7.85. The minimum absolute atomic E-state index is 0.0297. The number of rotatable bonds is 3. The van der Waals surface area contributed by atoms with Crippen LogP contribution in [0.4, 0.5) is 24.5 Å². The number of nitrogens with zero attached hydrogens (tertiary/aromatic N) is 1. The quantitative estimate of drug-likeness (QED) is 0.556. The summed E-state index contributed by atoms with van der Waals surface area (Å²) < 4.78 is 70.5. The lowest BCUT2D eigenvalue weighted by Crippen LogP contribution is -2.17. The lowest BCUT2D eigenvalue weighted by atomic mass is 10.1. The van der Waals surface area contributed by atoms with Gasteiger partial charge in [-0.15, -0.1) is 0 Å². The van der Waals surface area contributed by atoms with Crippen molar-refractivity contribution >= 4 is 33.1 Å². The van der Waals surface area contributed by atoms with E-state index in [0.717, 1.165) is 24.3 Å². The lowest BCUT2D eigenvalue weighted by Gasteiger charge is -2.11. The number of para-hydroxylation sites is 1. The van der Waals surface area contributed by atoms with Crippen molar-refractivity contribution in [2.24, 2.45) is 5.10 Å². The molecule has 1 aliphatic heterocycles. The summed E-state index contributed by atoms with van der Waals surface area (Å²) in [6.07, 6.45) is -4.63. The molecule has 0 aliphatic carbocycles. The first-order valence-electron chi connectivity index (χ1n) is 7.00. The first kappa shape index (κ1) is 17.9. The summed E-state index contributed by atoms with van der Waals surface area (Å²) in [6, 6.07) is 7.86. The second-order valence-corrected chi connectivity index (χ2v) is 6.67. The number of carbonyl (C=O) groups is 1. The molecule has 0 aromatic heterocycles. The number of hydrazone groups is 1. The Morgan fingerprint density at radius 3 is 2.46 bits per heavy atom. The second-order valence-electron chi connectivity index (χ2n) is 5.25. The molecule has 0 fully saturated rings. The third kappa shape index (κ3) is 3.39. The maximum atomic E-state index is 13.0. The molecular weight excluding hydrogens is 375 g/mol. The summed E-state index contributed by atoms with van der Waals surface area (Å²) in [6.45, 7) is 0. The van der Waals surface area contributed by atoms with Gasteiger partial charge in [0.05, 0.1) is 21.8 Å². The highest BCUT2D eigenvalue weighted by Gasteiger charge is 2.33. The molecule has 1 amide bonds. The van der Waals surface area contributed by atoms with Crippen molar-refractivity contribution < 1.29 is 30.9 Å². The van der Waals surface area contributed by atoms with Gasteiger partial charge in [0.2, 0.25) is 0 Å². The zero-order valence-corrected chi connectivity index (χ0v) is 13.5. The molecule has 0 bridgehead atoms. The van der Waals surface area contributed by atoms with Crippen LogP contribution in [0.25, 0.3) is 0 Å². The molecule has 3 N–H and O–H groups in total. The van der Waals surface area contributed by atoms with Gasteiger partial charge in [0, 0.05) is 5.56 Å². The third-order valence-electron chi connectivity index (χ3n) is 3.53. The molecule has 136 valence electrons. The smallest absolute Gasteiger partial charge is 0.320 e. The molecule has 2 aromatic carbocycles. The number of halogens is 3. The fraction of sp³-hybridized carbons (Fsp3) is 0.0667. The highest BCUT2D eigenvalue weighted by Crippen LogP contribution is 2.35. The van der Waals surface area contributed by atoms with E-state index in [1.165, 1.54) is 18.2 Å². The van der Waals surface area contributed by atoms with Crippen molar-refractivity contribution in [1.82, 2.24) is 0 Å². The van der Waals surface area contributed by atoms with E-state index in [4.69, 9.17) is 4.55 Å². The van der Waals surface area contributed by atoms with Crippen LogP contribution >= 0.6 is 0 Å². The van der Waals surface area contributed by atoms with E-state index in [0.29, 0.717) is 0 Å². The Morgan fingerprint density at radius 2 is 1.81 bits per heavy atom. The molecule has 0 unspecified atom stereocenters. The Balaban J connectivity index is 2.01. The van der Waals surface area contributed by atoms with Gasteiger partial charge in [-0.3, -0.25) is 14.8 Å². The maximum absolute atomic E-state index is 13.0. The van der Waals surface area contributed by atoms with E-state index in [2.05, 4.69) is 15.8 Å². The second kappa shape index (κ2) is 6.11. The summed E-state index contributed by atoms with van der Waals surface area (Å²) in [5, 5.41) is 6.09. The fourth-order valence-corrected chi connectivity index (χ4v) is 2.85. The van der Waals surface area contributed by atoms with Crippen molar-refractivity contribution in [3.63, 3.8) is 0 Å². The first-order chi connectivity index (χ1) is 12.1. The summed E-state index contributed by atoms with van der Waals surface area (Å²) in [5.74, 6) is -0.732. The molecule has 0 atom stereocenters. The van der Waals surface area contributed by atoms with Gasteiger partial charge < -0.3 is 5.32 Å². The third-order valence-corrected chi connectivity index (χ3v) is 4.38. The Hall–Kier alpha value is -2.92. The Kier molecular flexibility index (Phi) is 4.20. The van der Waals surface area contributed by atoms with Gasteiger partial charge in [0.15, 0.2) is 5.71 Å². The summed E-state index contributed by atoms with van der Waals surface area (Å²) in [7, 11) is -4.52. The molecule has 11 heteroatoms. The van der Waals surface area contributed by atoms with Crippen molar-refractivity contribution in [3.05, 3.63) is 53.6 Å². The number of benzene rings is 2. The van der Waals surface area contributed by atoms with E-state index in [9.17, 15) is 26.4 Å². The lowest BCUT2D eigenvalue weighted by molar-refractivity contribution is -0.137. The normalized spacial score (nSPS) is 15.7. The number of hydrogen-bond donors (Lipinski definition) is 3.